The smallest absolute Gasteiger partial charge is 0.332 e. The van der Waals surface area contributed by atoms with Gasteiger partial charge in [-0.2, -0.15) is 4.98 Å². The Morgan fingerprint density at radius 1 is 1.06 bits per heavy atom. The van der Waals surface area contributed by atoms with Crippen LogP contribution >= 0.6 is 0 Å². The van der Waals surface area contributed by atoms with Crippen molar-refractivity contribution in [2.24, 2.45) is 12.8 Å². The highest BCUT2D eigenvalue weighted by Gasteiger charge is 2.28. The van der Waals surface area contributed by atoms with E-state index in [0.29, 0.717) is 32.1 Å². The highest BCUT2D eigenvalue weighted by atomic mass is 16.2. The third-order valence-electron chi connectivity index (χ3n) is 6.82. The lowest BCUT2D eigenvalue weighted by Gasteiger charge is -2.31. The maximum atomic E-state index is 13.6. The molecule has 0 spiro atoms. The van der Waals surface area contributed by atoms with Crippen molar-refractivity contribution in [2.45, 2.75) is 65.1 Å². The average molecular weight is 486 g/mol. The quantitative estimate of drug-likeness (QED) is 0.462. The van der Waals surface area contributed by atoms with E-state index in [9.17, 15) is 19.2 Å². The number of carbonyl (C=O) groups is 2. The molecule has 2 saturated heterocycles. The number of nitrogens with zero attached hydrogens (tertiary/aromatic N) is 6. The highest BCUT2D eigenvalue weighted by Crippen LogP contribution is 2.23. The molecule has 1 atom stereocenters. The molecule has 2 aromatic heterocycles. The van der Waals surface area contributed by atoms with Crippen LogP contribution in [0.15, 0.2) is 21.2 Å². The van der Waals surface area contributed by atoms with Crippen molar-refractivity contribution >= 4 is 28.8 Å². The van der Waals surface area contributed by atoms with Gasteiger partial charge in [-0.05, 0) is 46.0 Å². The van der Waals surface area contributed by atoms with Crippen LogP contribution in [0.3, 0.4) is 0 Å². The number of anilines is 1. The number of imidazole rings is 1. The third-order valence-corrected chi connectivity index (χ3v) is 6.82. The Hall–Kier alpha value is -3.21. The number of Topliss-reactive ketones (excluding diaryl/α,β-unsaturated/α-hetero) is 1. The molecule has 11 heteroatoms. The molecule has 0 saturated carbocycles. The molecule has 0 aromatic carbocycles. The van der Waals surface area contributed by atoms with Crippen molar-refractivity contribution in [1.29, 1.82) is 0 Å². The van der Waals surface area contributed by atoms with Gasteiger partial charge in [0.2, 0.25) is 11.7 Å². The summed E-state index contributed by atoms with van der Waals surface area (Å²) in [5.74, 6) is -0.823. The maximum Gasteiger partial charge on any atom is 0.332 e. The number of piperidine rings is 2. The average Bonchev–Trinajstić information content (AvgIpc) is 3.24. The van der Waals surface area contributed by atoms with Crippen LogP contribution in [0, 0.1) is 0 Å². The Morgan fingerprint density at radius 2 is 1.77 bits per heavy atom. The zero-order valence-corrected chi connectivity index (χ0v) is 20.8. The molecule has 0 bridgehead atoms. The van der Waals surface area contributed by atoms with Crippen LogP contribution in [0.2, 0.25) is 0 Å². The number of aryl methyl sites for hydroxylation is 1. The van der Waals surface area contributed by atoms with Gasteiger partial charge in [0.15, 0.2) is 11.2 Å². The predicted octanol–water partition coefficient (Wildman–Crippen LogP) is 0.372. The molecule has 190 valence electrons. The molecule has 2 aliphatic rings. The van der Waals surface area contributed by atoms with E-state index in [1.807, 2.05) is 24.8 Å². The number of likely N-dealkylation sites (tertiary alicyclic amines) is 1. The number of carbonyl (C=O) groups excluding carboxylic acids is 2. The minimum absolute atomic E-state index is 0.000589. The van der Waals surface area contributed by atoms with E-state index >= 15 is 0 Å². The summed E-state index contributed by atoms with van der Waals surface area (Å²) in [5.41, 5.74) is 6.46. The zero-order chi connectivity index (χ0) is 25.3. The van der Waals surface area contributed by atoms with Crippen molar-refractivity contribution in [3.05, 3.63) is 32.5 Å². The maximum absolute atomic E-state index is 13.6. The summed E-state index contributed by atoms with van der Waals surface area (Å²) in [4.78, 5) is 60.4. The fourth-order valence-corrected chi connectivity index (χ4v) is 4.86. The van der Waals surface area contributed by atoms with Crippen LogP contribution in [-0.4, -0.2) is 67.5 Å². The summed E-state index contributed by atoms with van der Waals surface area (Å²) < 4.78 is 3.93. The summed E-state index contributed by atoms with van der Waals surface area (Å²) in [7, 11) is 1.53. The van der Waals surface area contributed by atoms with E-state index in [2.05, 4.69) is 0 Å². The second-order valence-electron chi connectivity index (χ2n) is 9.83. The van der Waals surface area contributed by atoms with Crippen LogP contribution in [0.4, 0.5) is 5.95 Å². The van der Waals surface area contributed by atoms with E-state index in [0.717, 1.165) is 48.8 Å². The molecule has 2 N–H and O–H groups in total. The SMILES string of the molecule is CC(C)=CCn1c(N2CCCC(N)C2)nc2c1c(=O)n(CC(=O)C(=O)N1CCCCC1)c(=O)n2C. The summed E-state index contributed by atoms with van der Waals surface area (Å²) in [5, 5.41) is 0. The normalized spacial score (nSPS) is 18.7. The van der Waals surface area contributed by atoms with Gasteiger partial charge in [-0.25, -0.2) is 4.79 Å². The summed E-state index contributed by atoms with van der Waals surface area (Å²) in [6.07, 6.45) is 6.52. The summed E-state index contributed by atoms with van der Waals surface area (Å²) in [6, 6.07) is -0.000589. The highest BCUT2D eigenvalue weighted by molar-refractivity contribution is 6.35. The first-order chi connectivity index (χ1) is 16.7. The fraction of sp³-hybridized carbons (Fsp3) is 0.625. The van der Waals surface area contributed by atoms with Gasteiger partial charge in [-0.15, -0.1) is 0 Å². The van der Waals surface area contributed by atoms with Gasteiger partial charge >= 0.3 is 5.69 Å². The summed E-state index contributed by atoms with van der Waals surface area (Å²) in [6.45, 7) is 6.12. The molecule has 35 heavy (non-hydrogen) atoms. The minimum atomic E-state index is -0.761. The standard InChI is InChI=1S/C24H35N7O4/c1-16(2)9-13-30-19-20(26-23(30)29-12-7-8-17(25)14-29)27(3)24(35)31(22(19)34)15-18(32)21(33)28-10-5-4-6-11-28/h9,17H,4-8,10-15,25H2,1-3H3. The van der Waals surface area contributed by atoms with E-state index in [1.54, 1.807) is 4.57 Å². The molecule has 0 radical (unpaired) electrons. The number of ketones is 1. The molecule has 4 heterocycles. The monoisotopic (exact) mass is 485 g/mol. The second-order valence-corrected chi connectivity index (χ2v) is 9.83. The molecule has 2 aliphatic heterocycles. The van der Waals surface area contributed by atoms with Crippen LogP contribution in [0.1, 0.15) is 46.0 Å². The van der Waals surface area contributed by atoms with Crippen LogP contribution in [-0.2, 0) is 29.7 Å². The van der Waals surface area contributed by atoms with Crippen molar-refractivity contribution in [3.63, 3.8) is 0 Å². The van der Waals surface area contributed by atoms with Crippen LogP contribution in [0.5, 0.6) is 0 Å². The lowest BCUT2D eigenvalue weighted by atomic mass is 10.1. The van der Waals surface area contributed by atoms with Gasteiger partial charge in [0.25, 0.3) is 11.5 Å². The summed E-state index contributed by atoms with van der Waals surface area (Å²) >= 11 is 0. The largest absolute Gasteiger partial charge is 0.341 e. The lowest BCUT2D eigenvalue weighted by Crippen LogP contribution is -2.46. The number of allylic oxidation sites excluding steroid dienone is 2. The Morgan fingerprint density at radius 3 is 2.43 bits per heavy atom. The van der Waals surface area contributed by atoms with Crippen molar-refractivity contribution in [2.75, 3.05) is 31.1 Å². The van der Waals surface area contributed by atoms with Crippen molar-refractivity contribution in [3.8, 4) is 0 Å². The van der Waals surface area contributed by atoms with Gasteiger partial charge in [-0.3, -0.25) is 23.5 Å². The van der Waals surface area contributed by atoms with E-state index in [1.165, 1.54) is 16.5 Å². The molecule has 1 amide bonds. The second kappa shape index (κ2) is 10.2. The van der Waals surface area contributed by atoms with Gasteiger partial charge in [0.1, 0.15) is 0 Å². The van der Waals surface area contributed by atoms with E-state index in [-0.39, 0.29) is 17.2 Å². The molecule has 2 aromatic rings. The molecule has 0 aliphatic carbocycles. The first-order valence-electron chi connectivity index (χ1n) is 12.3. The zero-order valence-electron chi connectivity index (χ0n) is 20.8. The number of fused-ring (bicyclic) bond motifs is 1. The Labute approximate surface area is 203 Å². The molecular formula is C24H35N7O4. The predicted molar refractivity (Wildman–Crippen MR) is 134 cm³/mol. The number of amides is 1. The molecule has 4 rings (SSSR count). The van der Waals surface area contributed by atoms with Gasteiger partial charge in [-0.1, -0.05) is 11.6 Å². The third kappa shape index (κ3) is 4.95. The number of hydrogen-bond acceptors (Lipinski definition) is 7. The molecule has 11 nitrogen and oxygen atoms in total. The van der Waals surface area contributed by atoms with E-state index < -0.39 is 29.5 Å². The Balaban J connectivity index is 1.80. The number of rotatable bonds is 6. The first-order valence-corrected chi connectivity index (χ1v) is 12.3. The number of hydrogen-bond donors (Lipinski definition) is 1. The first kappa shape index (κ1) is 24.9. The lowest BCUT2D eigenvalue weighted by molar-refractivity contribution is -0.145. The number of nitrogens with two attached hydrogens (primary N) is 1. The van der Waals surface area contributed by atoms with E-state index in [4.69, 9.17) is 10.7 Å². The molecular weight excluding hydrogens is 450 g/mol. The van der Waals surface area contributed by atoms with Gasteiger partial charge < -0.3 is 20.1 Å². The van der Waals surface area contributed by atoms with Crippen LogP contribution in [0.25, 0.3) is 11.2 Å². The Kier molecular flexibility index (Phi) is 7.25. The Bertz CT molecular complexity index is 1280. The number of aromatic nitrogens is 4. The topological polar surface area (TPSA) is 128 Å². The fourth-order valence-electron chi connectivity index (χ4n) is 4.86. The van der Waals surface area contributed by atoms with Crippen molar-refractivity contribution in [1.82, 2.24) is 23.6 Å². The molecule has 1 unspecified atom stereocenters. The van der Waals surface area contributed by atoms with Gasteiger partial charge in [0.05, 0.1) is 6.54 Å². The molecule has 2 fully saturated rings. The minimum Gasteiger partial charge on any atom is -0.341 e. The van der Waals surface area contributed by atoms with Crippen molar-refractivity contribution < 1.29 is 9.59 Å². The van der Waals surface area contributed by atoms with Crippen LogP contribution < -0.4 is 21.9 Å². The van der Waals surface area contributed by atoms with Gasteiger partial charge in [0, 0.05) is 45.8 Å².